The number of phenolic OH excluding ortho intramolecular Hbond substituents is 1. The maximum atomic E-state index is 10.1. The molecule has 20 heavy (non-hydrogen) atoms. The van der Waals surface area contributed by atoms with E-state index < -0.39 is 0 Å². The molecule has 1 aromatic rings. The van der Waals surface area contributed by atoms with Crippen molar-refractivity contribution in [3.05, 3.63) is 23.8 Å². The first kappa shape index (κ1) is 15.2. The Labute approximate surface area is 122 Å². The first-order valence-corrected chi connectivity index (χ1v) is 7.67. The second kappa shape index (κ2) is 6.49. The monoisotopic (exact) mass is 277 g/mol. The highest BCUT2D eigenvalue weighted by molar-refractivity contribution is 5.39. The van der Waals surface area contributed by atoms with Crippen LogP contribution in [0.4, 0.5) is 0 Å². The zero-order valence-electron chi connectivity index (χ0n) is 13.0. The third-order valence-electron chi connectivity index (χ3n) is 3.90. The number of benzene rings is 1. The molecule has 0 saturated carbocycles. The van der Waals surface area contributed by atoms with Crippen molar-refractivity contribution in [2.75, 3.05) is 19.7 Å². The van der Waals surface area contributed by atoms with Gasteiger partial charge in [0.1, 0.15) is 11.5 Å². The van der Waals surface area contributed by atoms with Gasteiger partial charge in [0.2, 0.25) is 0 Å². The lowest BCUT2D eigenvalue weighted by molar-refractivity contribution is 0.111. The van der Waals surface area contributed by atoms with Crippen LogP contribution in [-0.2, 0) is 6.54 Å². The van der Waals surface area contributed by atoms with Gasteiger partial charge in [0.05, 0.1) is 6.61 Å². The van der Waals surface area contributed by atoms with E-state index in [0.29, 0.717) is 17.8 Å². The normalized spacial score (nSPS) is 18.9. The SMILES string of the molecule is CCCOc1ccc(CN2CCCC(C)(C)C2)c(O)c1. The Bertz CT molecular complexity index is 443. The topological polar surface area (TPSA) is 32.7 Å². The Kier molecular flexibility index (Phi) is 4.92. The molecular formula is C17H27NO2. The van der Waals surface area contributed by atoms with Crippen LogP contribution in [0.3, 0.4) is 0 Å². The summed E-state index contributed by atoms with van der Waals surface area (Å²) in [5.41, 5.74) is 1.38. The zero-order chi connectivity index (χ0) is 14.6. The molecule has 1 heterocycles. The molecule has 0 spiro atoms. The largest absolute Gasteiger partial charge is 0.507 e. The fourth-order valence-corrected chi connectivity index (χ4v) is 2.91. The molecule has 0 aromatic heterocycles. The number of phenols is 1. The maximum Gasteiger partial charge on any atom is 0.123 e. The Hall–Kier alpha value is -1.22. The number of hydrogen-bond acceptors (Lipinski definition) is 3. The van der Waals surface area contributed by atoms with E-state index in [1.807, 2.05) is 12.1 Å². The third kappa shape index (κ3) is 4.14. The van der Waals surface area contributed by atoms with Crippen LogP contribution < -0.4 is 4.74 Å². The summed E-state index contributed by atoms with van der Waals surface area (Å²) in [6.45, 7) is 10.5. The molecule has 3 heteroatoms. The van der Waals surface area contributed by atoms with E-state index in [0.717, 1.165) is 37.4 Å². The zero-order valence-corrected chi connectivity index (χ0v) is 13.0. The first-order chi connectivity index (χ1) is 9.50. The number of ether oxygens (including phenoxy) is 1. The highest BCUT2D eigenvalue weighted by Crippen LogP contribution is 2.31. The van der Waals surface area contributed by atoms with Gasteiger partial charge in [-0.05, 0) is 37.3 Å². The number of rotatable bonds is 5. The minimum atomic E-state index is 0.349. The molecule has 0 amide bonds. The third-order valence-corrected chi connectivity index (χ3v) is 3.90. The van der Waals surface area contributed by atoms with Gasteiger partial charge in [-0.3, -0.25) is 4.90 Å². The van der Waals surface area contributed by atoms with Crippen molar-refractivity contribution >= 4 is 0 Å². The molecule has 1 aromatic carbocycles. The summed E-state index contributed by atoms with van der Waals surface area (Å²) in [6.07, 6.45) is 3.51. The molecule has 0 bridgehead atoms. The summed E-state index contributed by atoms with van der Waals surface area (Å²) in [5, 5.41) is 10.1. The summed E-state index contributed by atoms with van der Waals surface area (Å²) in [7, 11) is 0. The van der Waals surface area contributed by atoms with Crippen molar-refractivity contribution in [3.8, 4) is 11.5 Å². The number of nitrogens with zero attached hydrogens (tertiary/aromatic N) is 1. The molecule has 2 rings (SSSR count). The highest BCUT2D eigenvalue weighted by atomic mass is 16.5. The number of hydrogen-bond donors (Lipinski definition) is 1. The molecule has 1 fully saturated rings. The van der Waals surface area contributed by atoms with Gasteiger partial charge in [-0.25, -0.2) is 0 Å². The standard InChI is InChI=1S/C17H27NO2/c1-4-10-20-15-7-6-14(16(19)11-15)12-18-9-5-8-17(2,3)13-18/h6-7,11,19H,4-5,8-10,12-13H2,1-3H3. The van der Waals surface area contributed by atoms with Gasteiger partial charge < -0.3 is 9.84 Å². The predicted octanol–water partition coefficient (Wildman–Crippen LogP) is 3.80. The Balaban J connectivity index is 1.99. The van der Waals surface area contributed by atoms with Crippen molar-refractivity contribution in [2.24, 2.45) is 5.41 Å². The average Bonchev–Trinajstić information content (AvgIpc) is 2.38. The lowest BCUT2D eigenvalue weighted by Gasteiger charge is -2.38. The molecule has 0 unspecified atom stereocenters. The summed E-state index contributed by atoms with van der Waals surface area (Å²) in [4.78, 5) is 2.44. The van der Waals surface area contributed by atoms with E-state index in [4.69, 9.17) is 4.74 Å². The molecule has 0 atom stereocenters. The van der Waals surface area contributed by atoms with Gasteiger partial charge in [-0.2, -0.15) is 0 Å². The summed E-state index contributed by atoms with van der Waals surface area (Å²) in [6, 6.07) is 5.68. The first-order valence-electron chi connectivity index (χ1n) is 7.67. The van der Waals surface area contributed by atoms with Gasteiger partial charge in [0.15, 0.2) is 0 Å². The minimum absolute atomic E-state index is 0.349. The molecule has 112 valence electrons. The van der Waals surface area contributed by atoms with E-state index in [-0.39, 0.29) is 0 Å². The molecule has 0 aliphatic carbocycles. The smallest absolute Gasteiger partial charge is 0.123 e. The van der Waals surface area contributed by atoms with Gasteiger partial charge >= 0.3 is 0 Å². The van der Waals surface area contributed by atoms with Crippen LogP contribution >= 0.6 is 0 Å². The lowest BCUT2D eigenvalue weighted by Crippen LogP contribution is -2.39. The molecule has 0 radical (unpaired) electrons. The van der Waals surface area contributed by atoms with Crippen molar-refractivity contribution in [1.82, 2.24) is 4.90 Å². The van der Waals surface area contributed by atoms with E-state index in [1.54, 1.807) is 6.07 Å². The molecule has 3 nitrogen and oxygen atoms in total. The van der Waals surface area contributed by atoms with E-state index in [1.165, 1.54) is 12.8 Å². The highest BCUT2D eigenvalue weighted by Gasteiger charge is 2.26. The second-order valence-corrected chi connectivity index (χ2v) is 6.62. The van der Waals surface area contributed by atoms with Gasteiger partial charge in [-0.15, -0.1) is 0 Å². The number of piperidine rings is 1. The van der Waals surface area contributed by atoms with E-state index in [9.17, 15) is 5.11 Å². The van der Waals surface area contributed by atoms with Crippen molar-refractivity contribution in [2.45, 2.75) is 46.6 Å². The van der Waals surface area contributed by atoms with Crippen LogP contribution in [-0.4, -0.2) is 29.7 Å². The predicted molar refractivity (Wildman–Crippen MR) is 82.2 cm³/mol. The molecule has 1 aliphatic heterocycles. The minimum Gasteiger partial charge on any atom is -0.507 e. The van der Waals surface area contributed by atoms with E-state index >= 15 is 0 Å². The van der Waals surface area contributed by atoms with Crippen LogP contribution in [0.25, 0.3) is 0 Å². The van der Waals surface area contributed by atoms with Crippen LogP contribution in [0, 0.1) is 5.41 Å². The fourth-order valence-electron chi connectivity index (χ4n) is 2.91. The molecule has 1 saturated heterocycles. The summed E-state index contributed by atoms with van der Waals surface area (Å²) < 4.78 is 5.54. The summed E-state index contributed by atoms with van der Waals surface area (Å²) in [5.74, 6) is 1.11. The van der Waals surface area contributed by atoms with Crippen LogP contribution in [0.15, 0.2) is 18.2 Å². The maximum absolute atomic E-state index is 10.1. The van der Waals surface area contributed by atoms with Crippen LogP contribution in [0.2, 0.25) is 0 Å². The lowest BCUT2D eigenvalue weighted by atomic mass is 9.84. The van der Waals surface area contributed by atoms with Crippen molar-refractivity contribution in [3.63, 3.8) is 0 Å². The van der Waals surface area contributed by atoms with Gasteiger partial charge in [0.25, 0.3) is 0 Å². The second-order valence-electron chi connectivity index (χ2n) is 6.62. The average molecular weight is 277 g/mol. The van der Waals surface area contributed by atoms with Crippen LogP contribution in [0.1, 0.15) is 45.6 Å². The summed E-state index contributed by atoms with van der Waals surface area (Å²) >= 11 is 0. The van der Waals surface area contributed by atoms with Crippen molar-refractivity contribution in [1.29, 1.82) is 0 Å². The number of likely N-dealkylation sites (tertiary alicyclic amines) is 1. The Morgan fingerprint density at radius 2 is 2.15 bits per heavy atom. The number of aromatic hydroxyl groups is 1. The van der Waals surface area contributed by atoms with Gasteiger partial charge in [-0.1, -0.05) is 26.8 Å². The van der Waals surface area contributed by atoms with E-state index in [2.05, 4.69) is 25.7 Å². The Morgan fingerprint density at radius 3 is 2.80 bits per heavy atom. The molecular weight excluding hydrogens is 250 g/mol. The Morgan fingerprint density at radius 1 is 1.35 bits per heavy atom. The van der Waals surface area contributed by atoms with Gasteiger partial charge in [0, 0.05) is 24.7 Å². The quantitative estimate of drug-likeness (QED) is 0.888. The molecule has 1 aliphatic rings. The molecule has 1 N–H and O–H groups in total. The van der Waals surface area contributed by atoms with Crippen molar-refractivity contribution < 1.29 is 9.84 Å². The fraction of sp³-hybridized carbons (Fsp3) is 0.647. The van der Waals surface area contributed by atoms with Crippen LogP contribution in [0.5, 0.6) is 11.5 Å².